The number of likely N-dealkylation sites (tertiary alicyclic amines) is 2. The monoisotopic (exact) mass is 586 g/mol. The molecule has 2 saturated heterocycles. The van der Waals surface area contributed by atoms with E-state index in [0.29, 0.717) is 12.8 Å². The van der Waals surface area contributed by atoms with E-state index in [1.807, 2.05) is 12.1 Å². The number of benzene rings is 1. The lowest BCUT2D eigenvalue weighted by Gasteiger charge is -2.44. The molecule has 1 N–H and O–H groups in total. The van der Waals surface area contributed by atoms with Crippen LogP contribution in [0, 0.1) is 5.41 Å². The third-order valence-corrected chi connectivity index (χ3v) is 9.89. The quantitative estimate of drug-likeness (QED) is 0.307. The number of phenolic OH excluding ortho intramolecular Hbond substituents is 1. The molecule has 2 aliphatic heterocycles. The van der Waals surface area contributed by atoms with Gasteiger partial charge < -0.3 is 24.4 Å². The van der Waals surface area contributed by atoms with Crippen LogP contribution in [0.1, 0.15) is 119 Å². The average molecular weight is 587 g/mol. The van der Waals surface area contributed by atoms with Gasteiger partial charge in [-0.25, -0.2) is 0 Å². The Morgan fingerprint density at radius 2 is 1.14 bits per heavy atom. The molecular weight excluding hydrogens is 528 g/mol. The molecule has 238 valence electrons. The first-order chi connectivity index (χ1) is 19.0. The molecule has 0 bridgehead atoms. The fourth-order valence-electron chi connectivity index (χ4n) is 6.25. The first-order valence-corrected chi connectivity index (χ1v) is 15.7. The summed E-state index contributed by atoms with van der Waals surface area (Å²) in [5, 5.41) is 11.3. The van der Waals surface area contributed by atoms with E-state index in [2.05, 4.69) is 93.1 Å². The smallest absolute Gasteiger partial charge is 0.323 e. The molecule has 0 saturated carbocycles. The minimum atomic E-state index is -1.54. The fourth-order valence-corrected chi connectivity index (χ4v) is 6.25. The number of phenols is 1. The van der Waals surface area contributed by atoms with Crippen LogP contribution >= 0.6 is 0 Å². The third kappa shape index (κ3) is 7.50. The van der Waals surface area contributed by atoms with E-state index in [-0.39, 0.29) is 46.3 Å². The van der Waals surface area contributed by atoms with Gasteiger partial charge in [-0.2, -0.15) is 0 Å². The predicted molar refractivity (Wildman–Crippen MR) is 169 cm³/mol. The predicted octanol–water partition coefficient (Wildman–Crippen LogP) is 6.37. The van der Waals surface area contributed by atoms with Gasteiger partial charge in [-0.05, 0) is 95.5 Å². The Hall–Kier alpha value is -2.12. The maximum atomic E-state index is 14.1. The number of carbonyl (C=O) groups is 2. The van der Waals surface area contributed by atoms with Crippen molar-refractivity contribution in [1.82, 2.24) is 9.80 Å². The van der Waals surface area contributed by atoms with Crippen LogP contribution in [-0.4, -0.2) is 77.3 Å². The number of rotatable bonds is 6. The van der Waals surface area contributed by atoms with Gasteiger partial charge in [0.15, 0.2) is 5.41 Å². The lowest BCUT2D eigenvalue weighted by molar-refractivity contribution is -0.181. The molecule has 0 radical (unpaired) electrons. The number of nitrogens with zero attached hydrogens (tertiary/aromatic N) is 2. The number of piperidine rings is 2. The van der Waals surface area contributed by atoms with Crippen molar-refractivity contribution in [2.24, 2.45) is 5.41 Å². The summed E-state index contributed by atoms with van der Waals surface area (Å²) < 4.78 is 12.4. The molecule has 2 fully saturated rings. The number of aromatic hydroxyl groups is 1. The Morgan fingerprint density at radius 1 is 0.786 bits per heavy atom. The number of esters is 2. The van der Waals surface area contributed by atoms with Crippen molar-refractivity contribution in [2.45, 2.75) is 142 Å². The van der Waals surface area contributed by atoms with E-state index in [1.165, 1.54) is 0 Å². The maximum absolute atomic E-state index is 14.1. The van der Waals surface area contributed by atoms with E-state index in [9.17, 15) is 14.7 Å². The second-order valence-electron chi connectivity index (χ2n) is 16.6. The van der Waals surface area contributed by atoms with Crippen molar-refractivity contribution in [3.63, 3.8) is 0 Å². The molecule has 0 aliphatic carbocycles. The van der Waals surface area contributed by atoms with E-state index in [1.54, 1.807) is 6.92 Å². The molecule has 3 rings (SSSR count). The highest BCUT2D eigenvalue weighted by molar-refractivity contribution is 6.00. The zero-order valence-electron chi connectivity index (χ0n) is 28.7. The highest BCUT2D eigenvalue weighted by Gasteiger charge is 2.48. The third-order valence-electron chi connectivity index (χ3n) is 9.89. The van der Waals surface area contributed by atoms with Crippen LogP contribution in [0.3, 0.4) is 0 Å². The van der Waals surface area contributed by atoms with E-state index >= 15 is 0 Å². The summed E-state index contributed by atoms with van der Waals surface area (Å²) in [6.45, 7) is 24.3. The Bertz CT molecular complexity index is 1080. The molecule has 7 heteroatoms. The Morgan fingerprint density at radius 3 is 1.45 bits per heavy atom. The van der Waals surface area contributed by atoms with Gasteiger partial charge in [-0.3, -0.25) is 9.59 Å². The van der Waals surface area contributed by atoms with Crippen LogP contribution < -0.4 is 0 Å². The molecule has 42 heavy (non-hydrogen) atoms. The van der Waals surface area contributed by atoms with Gasteiger partial charge in [0.25, 0.3) is 0 Å². The molecule has 2 heterocycles. The summed E-state index contributed by atoms with van der Waals surface area (Å²) >= 11 is 0. The minimum absolute atomic E-state index is 0.111. The summed E-state index contributed by atoms with van der Waals surface area (Å²) in [5.74, 6) is -0.798. The molecule has 0 amide bonds. The second-order valence-corrected chi connectivity index (χ2v) is 16.6. The first-order valence-electron chi connectivity index (χ1n) is 15.7. The molecule has 0 aromatic heterocycles. The van der Waals surface area contributed by atoms with E-state index in [0.717, 1.165) is 42.6 Å². The standard InChI is InChI=1S/C35H58N2O5/c1-31(2,3)26-18-23(19-27(28(26)38)32(4,5)6)20-35(11,29(39)41-24-14-16-36(12)33(7,8)21-24)30(40)42-25-15-17-37(13)34(9,10)22-25/h18-19,24-25,38H,14-17,20-22H2,1-13H3. The van der Waals surface area contributed by atoms with Crippen LogP contribution in [0.15, 0.2) is 12.1 Å². The zero-order valence-corrected chi connectivity index (χ0v) is 28.7. The van der Waals surface area contributed by atoms with Crippen molar-refractivity contribution >= 4 is 11.9 Å². The van der Waals surface area contributed by atoms with Gasteiger partial charge in [0.1, 0.15) is 18.0 Å². The Labute approximate surface area is 255 Å². The van der Waals surface area contributed by atoms with Crippen molar-refractivity contribution in [1.29, 1.82) is 0 Å². The van der Waals surface area contributed by atoms with Gasteiger partial charge in [0.2, 0.25) is 0 Å². The van der Waals surface area contributed by atoms with E-state index in [4.69, 9.17) is 9.47 Å². The van der Waals surface area contributed by atoms with Gasteiger partial charge in [0.05, 0.1) is 0 Å². The normalized spacial score (nSPS) is 25.0. The topological polar surface area (TPSA) is 79.3 Å². The number of hydrogen-bond acceptors (Lipinski definition) is 7. The van der Waals surface area contributed by atoms with Crippen LogP contribution in [0.25, 0.3) is 0 Å². The minimum Gasteiger partial charge on any atom is -0.507 e. The maximum Gasteiger partial charge on any atom is 0.323 e. The molecule has 2 aliphatic rings. The lowest BCUT2D eigenvalue weighted by Crippen LogP contribution is -2.53. The van der Waals surface area contributed by atoms with Crippen molar-refractivity contribution in [3.05, 3.63) is 28.8 Å². The summed E-state index contributed by atoms with van der Waals surface area (Å²) in [5.41, 5.74) is -0.0337. The van der Waals surface area contributed by atoms with Crippen molar-refractivity contribution < 1.29 is 24.2 Å². The largest absolute Gasteiger partial charge is 0.507 e. The summed E-state index contributed by atoms with van der Waals surface area (Å²) in [6, 6.07) is 3.89. The molecular formula is C35H58N2O5. The molecule has 2 unspecified atom stereocenters. The van der Waals surface area contributed by atoms with Crippen LogP contribution in [-0.2, 0) is 36.3 Å². The first kappa shape index (κ1) is 34.4. The fraction of sp³-hybridized carbons (Fsp3) is 0.771. The SMILES string of the molecule is CN1CCC(OC(=O)C(C)(Cc2cc(C(C)(C)C)c(O)c(C(C)(C)C)c2)C(=O)OC2CCN(C)C(C)(C)C2)CC1(C)C. The zero-order chi connectivity index (χ0) is 32.1. The highest BCUT2D eigenvalue weighted by Crippen LogP contribution is 2.42. The Kier molecular flexibility index (Phi) is 9.62. The van der Waals surface area contributed by atoms with Crippen molar-refractivity contribution in [3.8, 4) is 5.75 Å². The van der Waals surface area contributed by atoms with Gasteiger partial charge in [-0.1, -0.05) is 53.7 Å². The van der Waals surface area contributed by atoms with E-state index < -0.39 is 17.4 Å². The number of carbonyl (C=O) groups excluding carboxylic acids is 2. The van der Waals surface area contributed by atoms with Crippen LogP contribution in [0.5, 0.6) is 5.75 Å². The van der Waals surface area contributed by atoms with Crippen molar-refractivity contribution in [2.75, 3.05) is 27.2 Å². The molecule has 7 nitrogen and oxygen atoms in total. The number of hydrogen-bond donors (Lipinski definition) is 1. The molecule has 1 aromatic carbocycles. The van der Waals surface area contributed by atoms with Crippen LogP contribution in [0.4, 0.5) is 0 Å². The summed E-state index contributed by atoms with van der Waals surface area (Å²) in [7, 11) is 4.18. The second kappa shape index (κ2) is 11.8. The van der Waals surface area contributed by atoms with Gasteiger partial charge in [0, 0.05) is 37.0 Å². The molecule has 0 spiro atoms. The number of ether oxygens (including phenoxy) is 2. The summed E-state index contributed by atoms with van der Waals surface area (Å²) in [6.07, 6.45) is 2.43. The Balaban J connectivity index is 2.01. The highest BCUT2D eigenvalue weighted by atomic mass is 16.6. The molecule has 1 aromatic rings. The average Bonchev–Trinajstić information content (AvgIpc) is 2.82. The lowest BCUT2D eigenvalue weighted by atomic mass is 9.75. The molecule has 2 atom stereocenters. The van der Waals surface area contributed by atoms with Gasteiger partial charge >= 0.3 is 11.9 Å². The van der Waals surface area contributed by atoms with Crippen LogP contribution in [0.2, 0.25) is 0 Å². The van der Waals surface area contributed by atoms with Gasteiger partial charge in [-0.15, -0.1) is 0 Å². The summed E-state index contributed by atoms with van der Waals surface area (Å²) in [4.78, 5) is 32.8.